The number of amides is 2. The SMILES string of the molecule is COc1ccc(CC2CC(C(=O)NCC3=Cc4nnn(C)c4CC3)N(C(=O)C3NCCc4cc(O)ccc43)C2)cc1. The Labute approximate surface area is 239 Å². The lowest BCUT2D eigenvalue weighted by Gasteiger charge is -2.32. The first-order chi connectivity index (χ1) is 19.9. The van der Waals surface area contributed by atoms with Gasteiger partial charge >= 0.3 is 0 Å². The van der Waals surface area contributed by atoms with E-state index in [1.165, 1.54) is 0 Å². The third-order valence-electron chi connectivity index (χ3n) is 8.57. The summed E-state index contributed by atoms with van der Waals surface area (Å²) in [6.45, 7) is 1.55. The molecule has 3 atom stereocenters. The zero-order valence-corrected chi connectivity index (χ0v) is 23.5. The van der Waals surface area contributed by atoms with E-state index in [1.807, 2.05) is 43.5 Å². The molecule has 0 bridgehead atoms. The summed E-state index contributed by atoms with van der Waals surface area (Å²) < 4.78 is 7.09. The first kappa shape index (κ1) is 27.0. The Balaban J connectivity index is 1.20. The molecule has 1 fully saturated rings. The number of ether oxygens (including phenoxy) is 1. The fourth-order valence-corrected chi connectivity index (χ4v) is 6.39. The maximum Gasteiger partial charge on any atom is 0.245 e. The van der Waals surface area contributed by atoms with E-state index in [9.17, 15) is 14.7 Å². The highest BCUT2D eigenvalue weighted by molar-refractivity contribution is 5.91. The number of fused-ring (bicyclic) bond motifs is 2. The average Bonchev–Trinajstić information content (AvgIpc) is 3.58. The summed E-state index contributed by atoms with van der Waals surface area (Å²) in [6, 6.07) is 12.0. The van der Waals surface area contributed by atoms with Crippen LogP contribution in [0.2, 0.25) is 0 Å². The lowest BCUT2D eigenvalue weighted by molar-refractivity contribution is -0.140. The number of likely N-dealkylation sites (tertiary alicyclic amines) is 1. The van der Waals surface area contributed by atoms with Gasteiger partial charge in [0.25, 0.3) is 0 Å². The topological polar surface area (TPSA) is 122 Å². The van der Waals surface area contributed by atoms with E-state index in [-0.39, 0.29) is 23.5 Å². The van der Waals surface area contributed by atoms with Gasteiger partial charge in [-0.25, -0.2) is 0 Å². The molecule has 2 amide bonds. The van der Waals surface area contributed by atoms with Gasteiger partial charge in [-0.05, 0) is 90.6 Å². The van der Waals surface area contributed by atoms with Crippen LogP contribution in [0.5, 0.6) is 11.5 Å². The van der Waals surface area contributed by atoms with Crippen LogP contribution >= 0.6 is 0 Å². The largest absolute Gasteiger partial charge is 0.508 e. The van der Waals surface area contributed by atoms with Crippen molar-refractivity contribution in [3.63, 3.8) is 0 Å². The standard InChI is InChI=1S/C31H36N6O4/c1-36-27-10-5-20(14-26(27)34-35-36)17-33-30(39)28-15-21(13-19-3-7-24(41-2)8-4-19)18-37(28)31(40)29-25-9-6-23(38)16-22(25)11-12-32-29/h3-4,6-9,14,16,21,28-29,32,38H,5,10-13,15,17-18H2,1-2H3,(H,33,39). The number of methoxy groups -OCH3 is 1. The highest BCUT2D eigenvalue weighted by Gasteiger charge is 2.42. The van der Waals surface area contributed by atoms with Crippen LogP contribution in [-0.2, 0) is 35.9 Å². The van der Waals surface area contributed by atoms with Crippen molar-refractivity contribution in [2.24, 2.45) is 13.0 Å². The lowest BCUT2D eigenvalue weighted by atomic mass is 9.93. The van der Waals surface area contributed by atoms with Gasteiger partial charge < -0.3 is 25.4 Å². The third-order valence-corrected chi connectivity index (χ3v) is 8.57. The smallest absolute Gasteiger partial charge is 0.245 e. The highest BCUT2D eigenvalue weighted by atomic mass is 16.5. The first-order valence-electron chi connectivity index (χ1n) is 14.2. The highest BCUT2D eigenvalue weighted by Crippen LogP contribution is 2.33. The molecule has 2 aromatic carbocycles. The summed E-state index contributed by atoms with van der Waals surface area (Å²) in [7, 11) is 3.54. The maximum absolute atomic E-state index is 14.1. The van der Waals surface area contributed by atoms with Gasteiger partial charge in [-0.3, -0.25) is 14.3 Å². The van der Waals surface area contributed by atoms with Crippen LogP contribution in [0.15, 0.2) is 48.0 Å². The van der Waals surface area contributed by atoms with Crippen molar-refractivity contribution < 1.29 is 19.4 Å². The van der Waals surface area contributed by atoms with E-state index in [1.54, 1.807) is 28.8 Å². The molecule has 41 heavy (non-hydrogen) atoms. The molecule has 10 heteroatoms. The van der Waals surface area contributed by atoms with Crippen LogP contribution in [0.3, 0.4) is 0 Å². The molecule has 3 aromatic rings. The van der Waals surface area contributed by atoms with E-state index in [0.29, 0.717) is 26.1 Å². The molecular weight excluding hydrogens is 520 g/mol. The Kier molecular flexibility index (Phi) is 7.49. The molecule has 6 rings (SSSR count). The van der Waals surface area contributed by atoms with Gasteiger partial charge in [-0.1, -0.05) is 23.4 Å². The minimum Gasteiger partial charge on any atom is -0.508 e. The Bertz CT molecular complexity index is 1480. The maximum atomic E-state index is 14.1. The molecule has 0 spiro atoms. The summed E-state index contributed by atoms with van der Waals surface area (Å²) in [5, 5.41) is 24.8. The first-order valence-corrected chi connectivity index (χ1v) is 14.2. The van der Waals surface area contributed by atoms with Crippen molar-refractivity contribution >= 4 is 17.9 Å². The third kappa shape index (κ3) is 5.56. The van der Waals surface area contributed by atoms with Gasteiger partial charge in [-0.15, -0.1) is 5.10 Å². The van der Waals surface area contributed by atoms with Crippen molar-refractivity contribution in [2.75, 3.05) is 26.7 Å². The van der Waals surface area contributed by atoms with E-state index in [2.05, 4.69) is 20.9 Å². The number of aromatic hydroxyl groups is 1. The van der Waals surface area contributed by atoms with Crippen molar-refractivity contribution in [3.05, 3.63) is 76.1 Å². The number of hydrogen-bond donors (Lipinski definition) is 3. The number of phenols is 1. The molecule has 3 heterocycles. The second-order valence-electron chi connectivity index (χ2n) is 11.2. The van der Waals surface area contributed by atoms with Gasteiger partial charge in [0.05, 0.1) is 12.8 Å². The Morgan fingerprint density at radius 1 is 1.15 bits per heavy atom. The lowest BCUT2D eigenvalue weighted by Crippen LogP contribution is -2.50. The van der Waals surface area contributed by atoms with Gasteiger partial charge in [0.1, 0.15) is 29.3 Å². The summed E-state index contributed by atoms with van der Waals surface area (Å²) >= 11 is 0. The fourth-order valence-electron chi connectivity index (χ4n) is 6.39. The fraction of sp³-hybridized carbons (Fsp3) is 0.419. The van der Waals surface area contributed by atoms with E-state index < -0.39 is 12.1 Å². The summed E-state index contributed by atoms with van der Waals surface area (Å²) in [5.41, 5.74) is 6.03. The number of aryl methyl sites for hydroxylation is 1. The van der Waals surface area contributed by atoms with Crippen LogP contribution in [0.1, 0.15) is 47.0 Å². The molecule has 3 N–H and O–H groups in total. The van der Waals surface area contributed by atoms with Gasteiger partial charge in [0.2, 0.25) is 11.8 Å². The predicted molar refractivity (Wildman–Crippen MR) is 153 cm³/mol. The molecule has 10 nitrogen and oxygen atoms in total. The number of aromatic nitrogens is 3. The van der Waals surface area contributed by atoms with E-state index >= 15 is 0 Å². The minimum absolute atomic E-state index is 0.102. The monoisotopic (exact) mass is 556 g/mol. The normalized spacial score (nSPS) is 21.6. The quantitative estimate of drug-likeness (QED) is 0.408. The van der Waals surface area contributed by atoms with Gasteiger partial charge in [0, 0.05) is 26.7 Å². The van der Waals surface area contributed by atoms with Crippen molar-refractivity contribution in [1.82, 2.24) is 30.5 Å². The Morgan fingerprint density at radius 3 is 2.78 bits per heavy atom. The van der Waals surface area contributed by atoms with Crippen molar-refractivity contribution in [1.29, 1.82) is 0 Å². The molecule has 0 radical (unpaired) electrons. The molecule has 2 aliphatic heterocycles. The number of benzene rings is 2. The average molecular weight is 557 g/mol. The molecule has 0 saturated carbocycles. The molecule has 1 saturated heterocycles. The van der Waals surface area contributed by atoms with Crippen LogP contribution in [0.25, 0.3) is 6.08 Å². The summed E-state index contributed by atoms with van der Waals surface area (Å²) in [6.07, 6.45) is 5.76. The van der Waals surface area contributed by atoms with Crippen molar-refractivity contribution in [2.45, 2.75) is 44.2 Å². The Hall–Kier alpha value is -4.18. The number of phenolic OH excluding ortho intramolecular Hbond substituents is 1. The second-order valence-corrected chi connectivity index (χ2v) is 11.2. The number of carbonyl (C=O) groups is 2. The van der Waals surface area contributed by atoms with Crippen LogP contribution in [0.4, 0.5) is 0 Å². The molecule has 3 unspecified atom stereocenters. The number of hydrogen-bond acceptors (Lipinski definition) is 7. The van der Waals surface area contributed by atoms with Crippen LogP contribution in [-0.4, -0.2) is 69.6 Å². The minimum atomic E-state index is -0.564. The summed E-state index contributed by atoms with van der Waals surface area (Å²) in [5.74, 6) is 0.897. The predicted octanol–water partition coefficient (Wildman–Crippen LogP) is 2.32. The van der Waals surface area contributed by atoms with Crippen LogP contribution < -0.4 is 15.4 Å². The van der Waals surface area contributed by atoms with E-state index in [4.69, 9.17) is 4.74 Å². The zero-order chi connectivity index (χ0) is 28.5. The number of nitrogens with zero attached hydrogens (tertiary/aromatic N) is 4. The number of nitrogens with one attached hydrogen (secondary N) is 2. The number of rotatable bonds is 7. The molecule has 1 aliphatic carbocycles. The molecule has 1 aromatic heterocycles. The van der Waals surface area contributed by atoms with E-state index in [0.717, 1.165) is 65.1 Å². The molecule has 3 aliphatic rings. The second kappa shape index (κ2) is 11.4. The molecular formula is C31H36N6O4. The van der Waals surface area contributed by atoms with Crippen LogP contribution in [0, 0.1) is 5.92 Å². The zero-order valence-electron chi connectivity index (χ0n) is 23.5. The van der Waals surface area contributed by atoms with Gasteiger partial charge in [-0.2, -0.15) is 0 Å². The van der Waals surface area contributed by atoms with Gasteiger partial charge in [0.15, 0.2) is 0 Å². The van der Waals surface area contributed by atoms with Crippen molar-refractivity contribution in [3.8, 4) is 11.5 Å². The Morgan fingerprint density at radius 2 is 1.98 bits per heavy atom. The number of carbonyl (C=O) groups excluding carboxylic acids is 2. The summed E-state index contributed by atoms with van der Waals surface area (Å²) in [4.78, 5) is 29.5. The molecule has 214 valence electrons.